The first kappa shape index (κ1) is 9.00. The van der Waals surface area contributed by atoms with Crippen LogP contribution in [-0.2, 0) is 11.3 Å². The molecule has 0 atom stereocenters. The van der Waals surface area contributed by atoms with Crippen LogP contribution in [0.25, 0.3) is 0 Å². The fourth-order valence-corrected chi connectivity index (χ4v) is 0.928. The monoisotopic (exact) mass is 170 g/mol. The lowest BCUT2D eigenvalue weighted by Crippen LogP contribution is -1.93. The van der Waals surface area contributed by atoms with Crippen LogP contribution >= 0.6 is 0 Å². The molecule has 0 aliphatic heterocycles. The van der Waals surface area contributed by atoms with Gasteiger partial charge in [-0.3, -0.25) is 0 Å². The first-order valence-corrected chi connectivity index (χ1v) is 3.59. The summed E-state index contributed by atoms with van der Waals surface area (Å²) in [6.07, 6.45) is 0. The highest BCUT2D eigenvalue weighted by Gasteiger charge is 2.02. The van der Waals surface area contributed by atoms with E-state index in [9.17, 15) is 4.39 Å². The molecule has 12 heavy (non-hydrogen) atoms. The van der Waals surface area contributed by atoms with Crippen LogP contribution in [0, 0.1) is 5.82 Å². The van der Waals surface area contributed by atoms with Gasteiger partial charge in [0.15, 0.2) is 0 Å². The predicted molar refractivity (Wildman–Crippen MR) is 43.7 cm³/mol. The van der Waals surface area contributed by atoms with Crippen LogP contribution in [0.2, 0.25) is 0 Å². The zero-order valence-corrected chi connectivity index (χ0v) is 7.13. The number of rotatable bonds is 3. The molecule has 66 valence electrons. The minimum atomic E-state index is -0.295. The van der Waals surface area contributed by atoms with Gasteiger partial charge >= 0.3 is 0 Å². The van der Waals surface area contributed by atoms with Crippen molar-refractivity contribution >= 4 is 0 Å². The molecular weight excluding hydrogens is 159 g/mol. The van der Waals surface area contributed by atoms with Crippen molar-refractivity contribution in [3.63, 3.8) is 0 Å². The zero-order chi connectivity index (χ0) is 8.97. The van der Waals surface area contributed by atoms with Gasteiger partial charge in [-0.05, 0) is 6.07 Å². The van der Waals surface area contributed by atoms with E-state index in [4.69, 9.17) is 9.47 Å². The quantitative estimate of drug-likeness (QED) is 0.690. The van der Waals surface area contributed by atoms with Crippen LogP contribution in [0.4, 0.5) is 4.39 Å². The molecule has 0 saturated heterocycles. The van der Waals surface area contributed by atoms with E-state index >= 15 is 0 Å². The van der Waals surface area contributed by atoms with Gasteiger partial charge in [-0.25, -0.2) is 4.39 Å². The lowest BCUT2D eigenvalue weighted by Gasteiger charge is -2.03. The van der Waals surface area contributed by atoms with Gasteiger partial charge in [0.25, 0.3) is 0 Å². The van der Waals surface area contributed by atoms with Crippen molar-refractivity contribution in [1.82, 2.24) is 0 Å². The third-order valence-electron chi connectivity index (χ3n) is 1.56. The summed E-state index contributed by atoms with van der Waals surface area (Å²) in [4.78, 5) is 0. The largest absolute Gasteiger partial charge is 0.497 e. The maximum absolute atomic E-state index is 13.1. The van der Waals surface area contributed by atoms with Crippen LogP contribution in [-0.4, -0.2) is 14.2 Å². The Morgan fingerprint density at radius 3 is 2.58 bits per heavy atom. The highest BCUT2D eigenvalue weighted by atomic mass is 19.1. The van der Waals surface area contributed by atoms with E-state index in [1.807, 2.05) is 0 Å². The molecule has 1 aromatic carbocycles. The second-order valence-electron chi connectivity index (χ2n) is 2.39. The Hall–Kier alpha value is -1.09. The van der Waals surface area contributed by atoms with Gasteiger partial charge in [-0.2, -0.15) is 0 Å². The van der Waals surface area contributed by atoms with Gasteiger partial charge in [0.2, 0.25) is 0 Å². The fraction of sp³-hybridized carbons (Fsp3) is 0.333. The van der Waals surface area contributed by atoms with Gasteiger partial charge in [-0.15, -0.1) is 0 Å². The summed E-state index contributed by atoms with van der Waals surface area (Å²) >= 11 is 0. The van der Waals surface area contributed by atoms with E-state index in [1.165, 1.54) is 20.3 Å². The summed E-state index contributed by atoms with van der Waals surface area (Å²) in [5.74, 6) is 0.226. The molecule has 0 heterocycles. The van der Waals surface area contributed by atoms with Gasteiger partial charge < -0.3 is 9.47 Å². The molecule has 0 aliphatic rings. The smallest absolute Gasteiger partial charge is 0.132 e. The SMILES string of the molecule is COCc1ccc(OC)cc1F. The first-order chi connectivity index (χ1) is 5.77. The molecule has 0 fully saturated rings. The van der Waals surface area contributed by atoms with Gasteiger partial charge in [0.05, 0.1) is 13.7 Å². The van der Waals surface area contributed by atoms with Crippen LogP contribution in [0.3, 0.4) is 0 Å². The highest BCUT2D eigenvalue weighted by molar-refractivity contribution is 5.28. The molecular formula is C9H11FO2. The van der Waals surface area contributed by atoms with Gasteiger partial charge in [0.1, 0.15) is 11.6 Å². The van der Waals surface area contributed by atoms with Crippen LogP contribution < -0.4 is 4.74 Å². The number of benzene rings is 1. The standard InChI is InChI=1S/C9H11FO2/c1-11-6-7-3-4-8(12-2)5-9(7)10/h3-5H,6H2,1-2H3. The minimum absolute atomic E-state index is 0.288. The maximum atomic E-state index is 13.1. The lowest BCUT2D eigenvalue weighted by molar-refractivity contribution is 0.181. The van der Waals surface area contributed by atoms with E-state index in [2.05, 4.69) is 0 Å². The zero-order valence-electron chi connectivity index (χ0n) is 7.13. The molecule has 3 heteroatoms. The number of methoxy groups -OCH3 is 2. The predicted octanol–water partition coefficient (Wildman–Crippen LogP) is 1.98. The number of hydrogen-bond acceptors (Lipinski definition) is 2. The molecule has 0 unspecified atom stereocenters. The average molecular weight is 170 g/mol. The van der Waals surface area contributed by atoms with Crippen LogP contribution in [0.15, 0.2) is 18.2 Å². The molecule has 0 aromatic heterocycles. The van der Waals surface area contributed by atoms with Crippen molar-refractivity contribution in [2.75, 3.05) is 14.2 Å². The lowest BCUT2D eigenvalue weighted by atomic mass is 10.2. The highest BCUT2D eigenvalue weighted by Crippen LogP contribution is 2.16. The second kappa shape index (κ2) is 4.07. The summed E-state index contributed by atoms with van der Waals surface area (Å²) < 4.78 is 22.7. The van der Waals surface area contributed by atoms with E-state index < -0.39 is 0 Å². The van der Waals surface area contributed by atoms with Crippen molar-refractivity contribution in [1.29, 1.82) is 0 Å². The Morgan fingerprint density at radius 2 is 2.08 bits per heavy atom. The molecule has 1 rings (SSSR count). The van der Waals surface area contributed by atoms with Crippen LogP contribution in [0.1, 0.15) is 5.56 Å². The number of halogens is 1. The number of hydrogen-bond donors (Lipinski definition) is 0. The molecule has 0 bridgehead atoms. The Kier molecular flexibility index (Phi) is 3.05. The van der Waals surface area contributed by atoms with Crippen molar-refractivity contribution < 1.29 is 13.9 Å². The molecule has 0 saturated carbocycles. The molecule has 0 amide bonds. The van der Waals surface area contributed by atoms with Crippen molar-refractivity contribution in [2.24, 2.45) is 0 Å². The second-order valence-corrected chi connectivity index (χ2v) is 2.39. The molecule has 0 aliphatic carbocycles. The summed E-state index contributed by atoms with van der Waals surface area (Å²) in [5.41, 5.74) is 0.540. The molecule has 1 aromatic rings. The molecule has 0 radical (unpaired) electrons. The van der Waals surface area contributed by atoms with Crippen molar-refractivity contribution in [2.45, 2.75) is 6.61 Å². The summed E-state index contributed by atoms with van der Waals surface area (Å²) in [7, 11) is 3.04. The van der Waals surface area contributed by atoms with E-state index in [0.717, 1.165) is 0 Å². The molecule has 0 spiro atoms. The fourth-order valence-electron chi connectivity index (χ4n) is 0.928. The summed E-state index contributed by atoms with van der Waals surface area (Å²) in [6, 6.07) is 4.70. The Labute approximate surface area is 70.9 Å². The van der Waals surface area contributed by atoms with E-state index in [-0.39, 0.29) is 12.4 Å². The topological polar surface area (TPSA) is 18.5 Å². The average Bonchev–Trinajstić information content (AvgIpc) is 2.09. The third kappa shape index (κ3) is 1.95. The maximum Gasteiger partial charge on any atom is 0.132 e. The Balaban J connectivity index is 2.87. The normalized spacial score (nSPS) is 9.92. The minimum Gasteiger partial charge on any atom is -0.497 e. The Bertz CT molecular complexity index is 261. The van der Waals surface area contributed by atoms with E-state index in [0.29, 0.717) is 11.3 Å². The summed E-state index contributed by atoms with van der Waals surface area (Å²) in [5, 5.41) is 0. The number of ether oxygens (including phenoxy) is 2. The van der Waals surface area contributed by atoms with E-state index in [1.54, 1.807) is 12.1 Å². The molecule has 0 N–H and O–H groups in total. The van der Waals surface area contributed by atoms with Gasteiger partial charge in [0, 0.05) is 18.7 Å². The first-order valence-electron chi connectivity index (χ1n) is 3.59. The molecule has 2 nitrogen and oxygen atoms in total. The summed E-state index contributed by atoms with van der Waals surface area (Å²) in [6.45, 7) is 0.288. The van der Waals surface area contributed by atoms with Crippen LogP contribution in [0.5, 0.6) is 5.75 Å². The third-order valence-corrected chi connectivity index (χ3v) is 1.56. The Morgan fingerprint density at radius 1 is 1.33 bits per heavy atom. The van der Waals surface area contributed by atoms with Crippen molar-refractivity contribution in [3.05, 3.63) is 29.6 Å². The van der Waals surface area contributed by atoms with Gasteiger partial charge in [-0.1, -0.05) is 6.07 Å². The van der Waals surface area contributed by atoms with Crippen molar-refractivity contribution in [3.8, 4) is 5.75 Å².